The van der Waals surface area contributed by atoms with Gasteiger partial charge in [-0.2, -0.15) is 0 Å². The maximum Gasteiger partial charge on any atom is 0.306 e. The van der Waals surface area contributed by atoms with Crippen LogP contribution in [0.25, 0.3) is 11.1 Å². The van der Waals surface area contributed by atoms with E-state index in [0.29, 0.717) is 42.4 Å². The molecule has 214 valence electrons. The molecule has 1 aliphatic carbocycles. The van der Waals surface area contributed by atoms with Gasteiger partial charge in [0.2, 0.25) is 0 Å². The van der Waals surface area contributed by atoms with Crippen LogP contribution >= 0.6 is 0 Å². The van der Waals surface area contributed by atoms with Gasteiger partial charge in [-0.3, -0.25) is 4.79 Å². The van der Waals surface area contributed by atoms with Crippen molar-refractivity contribution in [2.24, 2.45) is 5.92 Å². The number of methoxy groups -OCH3 is 1. The fourth-order valence-electron chi connectivity index (χ4n) is 4.89. The van der Waals surface area contributed by atoms with E-state index in [1.807, 2.05) is 24.3 Å². The highest BCUT2D eigenvalue weighted by atomic mass is 32.2. The summed E-state index contributed by atoms with van der Waals surface area (Å²) < 4.78 is 57.8. The predicted octanol–water partition coefficient (Wildman–Crippen LogP) is 7.10. The van der Waals surface area contributed by atoms with E-state index in [9.17, 15) is 17.6 Å². The lowest BCUT2D eigenvalue weighted by atomic mass is 9.90. The van der Waals surface area contributed by atoms with Crippen LogP contribution in [0, 0.1) is 11.7 Å². The fourth-order valence-corrected chi connectivity index (χ4v) is 6.49. The molecule has 0 bridgehead atoms. The van der Waals surface area contributed by atoms with Crippen LogP contribution in [0.15, 0.2) is 65.6 Å². The molecule has 1 atom stereocenters. The van der Waals surface area contributed by atoms with E-state index in [0.717, 1.165) is 12.0 Å². The van der Waals surface area contributed by atoms with Crippen LogP contribution in [-0.4, -0.2) is 33.9 Å². The van der Waals surface area contributed by atoms with Gasteiger partial charge in [0.25, 0.3) is 0 Å². The summed E-state index contributed by atoms with van der Waals surface area (Å²) in [5.41, 5.74) is 2.12. The van der Waals surface area contributed by atoms with E-state index < -0.39 is 15.7 Å². The highest BCUT2D eigenvalue weighted by molar-refractivity contribution is 7.91. The molecule has 0 unspecified atom stereocenters. The number of carbonyl (C=O) groups excluding carboxylic acids is 1. The molecule has 0 spiro atoms. The lowest BCUT2D eigenvalue weighted by Gasteiger charge is -2.18. The SMILES string of the molecule is CCCS(=O)(=O)c1cc(COc2cccc([C@H](CC(=O)OCC)CC3CC3)c2)ccc1-c1cc(OC)ccc1F. The van der Waals surface area contributed by atoms with Gasteiger partial charge in [-0.1, -0.05) is 44.0 Å². The summed E-state index contributed by atoms with van der Waals surface area (Å²) in [6.07, 6.45) is 4.07. The number of esters is 1. The second-order valence-corrected chi connectivity index (χ2v) is 12.3. The van der Waals surface area contributed by atoms with Crippen molar-refractivity contribution in [3.05, 3.63) is 77.6 Å². The minimum absolute atomic E-state index is 0.0536. The first-order valence-corrected chi connectivity index (χ1v) is 15.5. The number of hydrogen-bond acceptors (Lipinski definition) is 6. The zero-order chi connectivity index (χ0) is 28.7. The summed E-state index contributed by atoms with van der Waals surface area (Å²) in [4.78, 5) is 12.3. The van der Waals surface area contributed by atoms with Crippen LogP contribution in [-0.2, 0) is 26.0 Å². The third-order valence-corrected chi connectivity index (χ3v) is 9.04. The van der Waals surface area contributed by atoms with Crippen LogP contribution in [0.3, 0.4) is 0 Å². The molecule has 3 aromatic rings. The van der Waals surface area contributed by atoms with E-state index in [-0.39, 0.29) is 40.3 Å². The Labute approximate surface area is 236 Å². The number of hydrogen-bond donors (Lipinski definition) is 0. The van der Waals surface area contributed by atoms with Gasteiger partial charge in [-0.25, -0.2) is 12.8 Å². The molecule has 0 aromatic heterocycles. The Balaban J connectivity index is 1.59. The van der Waals surface area contributed by atoms with Crippen molar-refractivity contribution in [1.82, 2.24) is 0 Å². The second kappa shape index (κ2) is 13.3. The quantitative estimate of drug-likeness (QED) is 0.193. The molecule has 0 amide bonds. The summed E-state index contributed by atoms with van der Waals surface area (Å²) in [5, 5.41) is 0. The minimum atomic E-state index is -3.68. The Morgan fingerprint density at radius 2 is 1.80 bits per heavy atom. The number of sulfone groups is 1. The van der Waals surface area contributed by atoms with E-state index >= 15 is 0 Å². The van der Waals surface area contributed by atoms with Crippen LogP contribution in [0.1, 0.15) is 63.0 Å². The molecule has 0 saturated heterocycles. The van der Waals surface area contributed by atoms with E-state index in [1.54, 1.807) is 32.0 Å². The van der Waals surface area contributed by atoms with Crippen molar-refractivity contribution >= 4 is 15.8 Å². The van der Waals surface area contributed by atoms with E-state index in [4.69, 9.17) is 14.2 Å². The molecule has 6 nitrogen and oxygen atoms in total. The van der Waals surface area contributed by atoms with Gasteiger partial charge in [0.05, 0.1) is 30.8 Å². The molecule has 4 rings (SSSR count). The van der Waals surface area contributed by atoms with Crippen LogP contribution in [0.5, 0.6) is 11.5 Å². The summed E-state index contributed by atoms with van der Waals surface area (Å²) >= 11 is 0. The lowest BCUT2D eigenvalue weighted by Crippen LogP contribution is -2.11. The predicted molar refractivity (Wildman–Crippen MR) is 153 cm³/mol. The van der Waals surface area contributed by atoms with Crippen molar-refractivity contribution < 1.29 is 31.8 Å². The summed E-state index contributed by atoms with van der Waals surface area (Å²) in [5.74, 6) is 0.971. The molecule has 8 heteroatoms. The normalized spacial score (nSPS) is 14.0. The number of benzene rings is 3. The summed E-state index contributed by atoms with van der Waals surface area (Å²) in [6.45, 7) is 4.09. The molecule has 1 saturated carbocycles. The molecule has 1 fully saturated rings. The number of rotatable bonds is 14. The Kier molecular flexibility index (Phi) is 9.85. The minimum Gasteiger partial charge on any atom is -0.497 e. The zero-order valence-corrected chi connectivity index (χ0v) is 24.1. The van der Waals surface area contributed by atoms with Gasteiger partial charge in [0.1, 0.15) is 23.9 Å². The molecule has 0 N–H and O–H groups in total. The van der Waals surface area contributed by atoms with Crippen molar-refractivity contribution in [3.63, 3.8) is 0 Å². The number of carbonyl (C=O) groups is 1. The van der Waals surface area contributed by atoms with Gasteiger partial charge < -0.3 is 14.2 Å². The highest BCUT2D eigenvalue weighted by Crippen LogP contribution is 2.41. The maximum atomic E-state index is 14.8. The maximum absolute atomic E-state index is 14.8. The average molecular weight is 569 g/mol. The number of halogens is 1. The van der Waals surface area contributed by atoms with Gasteiger partial charge in [-0.05, 0) is 79.1 Å². The first kappa shape index (κ1) is 29.6. The standard InChI is InChI=1S/C32H37FO6S/c1-4-15-40(35,36)31-17-23(11-13-28(31)29-20-26(37-3)12-14-30(29)33)21-39-27-8-6-7-24(18-27)25(16-22-9-10-22)19-32(34)38-5-2/h6-8,11-14,17-18,20,22,25H,4-5,9-10,15-16,19,21H2,1-3H3/t25-/m0/s1. The topological polar surface area (TPSA) is 78.9 Å². The van der Waals surface area contributed by atoms with Crippen molar-refractivity contribution in [2.45, 2.75) is 63.4 Å². The van der Waals surface area contributed by atoms with Gasteiger partial charge in [-0.15, -0.1) is 0 Å². The highest BCUT2D eigenvalue weighted by Gasteiger charge is 2.28. The van der Waals surface area contributed by atoms with Crippen molar-refractivity contribution in [3.8, 4) is 22.6 Å². The summed E-state index contributed by atoms with van der Waals surface area (Å²) in [6, 6.07) is 16.9. The third kappa shape index (κ3) is 7.62. The lowest BCUT2D eigenvalue weighted by molar-refractivity contribution is -0.143. The molecule has 40 heavy (non-hydrogen) atoms. The molecule has 0 heterocycles. The van der Waals surface area contributed by atoms with Crippen LogP contribution in [0.2, 0.25) is 0 Å². The van der Waals surface area contributed by atoms with E-state index in [1.165, 1.54) is 38.2 Å². The van der Waals surface area contributed by atoms with Crippen molar-refractivity contribution in [1.29, 1.82) is 0 Å². The monoisotopic (exact) mass is 568 g/mol. The largest absolute Gasteiger partial charge is 0.497 e. The number of ether oxygens (including phenoxy) is 3. The van der Waals surface area contributed by atoms with Crippen LogP contribution in [0.4, 0.5) is 4.39 Å². The first-order chi connectivity index (χ1) is 19.2. The molecule has 1 aliphatic rings. The van der Waals surface area contributed by atoms with Gasteiger partial charge in [0.15, 0.2) is 9.84 Å². The molecular weight excluding hydrogens is 531 g/mol. The third-order valence-electron chi connectivity index (χ3n) is 7.09. The molecule has 0 aliphatic heterocycles. The molecular formula is C32H37FO6S. The first-order valence-electron chi connectivity index (χ1n) is 13.8. The van der Waals surface area contributed by atoms with E-state index in [2.05, 4.69) is 0 Å². The molecule has 3 aromatic carbocycles. The molecule has 0 radical (unpaired) electrons. The Morgan fingerprint density at radius 1 is 1.00 bits per heavy atom. The smallest absolute Gasteiger partial charge is 0.306 e. The second-order valence-electron chi connectivity index (χ2n) is 10.2. The van der Waals surface area contributed by atoms with Crippen LogP contribution < -0.4 is 9.47 Å². The Bertz CT molecular complexity index is 1430. The summed E-state index contributed by atoms with van der Waals surface area (Å²) in [7, 11) is -2.20. The van der Waals surface area contributed by atoms with Gasteiger partial charge in [0, 0.05) is 11.1 Å². The fraction of sp³-hybridized carbons (Fsp3) is 0.406. The average Bonchev–Trinajstić information content (AvgIpc) is 3.76. The Morgan fingerprint density at radius 3 is 2.50 bits per heavy atom. The Hall–Kier alpha value is -3.39. The zero-order valence-electron chi connectivity index (χ0n) is 23.3. The van der Waals surface area contributed by atoms with Crippen molar-refractivity contribution in [2.75, 3.05) is 19.5 Å². The van der Waals surface area contributed by atoms with Gasteiger partial charge >= 0.3 is 5.97 Å².